The average molecular weight is 368 g/mol. The lowest BCUT2D eigenvalue weighted by atomic mass is 10.1. The molecule has 0 radical (unpaired) electrons. The minimum Gasteiger partial charge on any atom is -0.494 e. The highest BCUT2D eigenvalue weighted by atomic mass is 16.5. The van der Waals surface area contributed by atoms with Crippen LogP contribution in [0.3, 0.4) is 0 Å². The lowest BCUT2D eigenvalue weighted by Crippen LogP contribution is -2.58. The molecule has 3 heterocycles. The molecule has 27 heavy (non-hydrogen) atoms. The summed E-state index contributed by atoms with van der Waals surface area (Å²) in [6, 6.07) is 8.63. The standard InChI is InChI=1S/C21H28N4O2/c1-17-21(26)25-10-3-6-19(25)15-24(17)14-18-5-2-7-20(13-18)27-12-4-9-23-11-8-22-16-23/h2,5,7-8,11,13,16-17,19H,3-4,6,9-10,12,14-15H2,1H3/t17-,19-/m0/s1. The number of aryl methyl sites for hydroxylation is 1. The molecule has 2 aromatic rings. The molecule has 0 unspecified atom stereocenters. The Kier molecular flexibility index (Phi) is 5.43. The molecule has 144 valence electrons. The predicted molar refractivity (Wildman–Crippen MR) is 103 cm³/mol. The predicted octanol–water partition coefficient (Wildman–Crippen LogP) is 2.55. The minimum absolute atomic E-state index is 0.0425. The van der Waals surface area contributed by atoms with Crippen LogP contribution in [-0.2, 0) is 17.9 Å². The van der Waals surface area contributed by atoms with Crippen LogP contribution in [-0.4, -0.2) is 57.0 Å². The van der Waals surface area contributed by atoms with E-state index in [9.17, 15) is 4.79 Å². The molecule has 2 aliphatic heterocycles. The van der Waals surface area contributed by atoms with E-state index in [4.69, 9.17) is 4.74 Å². The molecule has 0 spiro atoms. The van der Waals surface area contributed by atoms with Crippen molar-refractivity contribution in [1.29, 1.82) is 0 Å². The zero-order chi connectivity index (χ0) is 18.6. The fraction of sp³-hybridized carbons (Fsp3) is 0.524. The third-order valence-electron chi connectivity index (χ3n) is 5.68. The van der Waals surface area contributed by atoms with Crippen LogP contribution in [0.25, 0.3) is 0 Å². The Hall–Kier alpha value is -2.34. The number of benzene rings is 1. The van der Waals surface area contributed by atoms with Crippen LogP contribution in [0.2, 0.25) is 0 Å². The zero-order valence-corrected chi connectivity index (χ0v) is 16.0. The molecule has 2 saturated heterocycles. The van der Waals surface area contributed by atoms with Crippen LogP contribution in [0.4, 0.5) is 0 Å². The highest BCUT2D eigenvalue weighted by molar-refractivity contribution is 5.83. The highest BCUT2D eigenvalue weighted by Gasteiger charge is 2.39. The number of imidazole rings is 1. The highest BCUT2D eigenvalue weighted by Crippen LogP contribution is 2.27. The first-order valence-corrected chi connectivity index (χ1v) is 9.93. The second-order valence-corrected chi connectivity index (χ2v) is 7.58. The summed E-state index contributed by atoms with van der Waals surface area (Å²) in [4.78, 5) is 21.0. The van der Waals surface area contributed by atoms with Crippen LogP contribution in [0, 0.1) is 0 Å². The number of nitrogens with zero attached hydrogens (tertiary/aromatic N) is 4. The van der Waals surface area contributed by atoms with Crippen LogP contribution in [0.5, 0.6) is 5.75 Å². The van der Waals surface area contributed by atoms with Crippen molar-refractivity contribution >= 4 is 5.91 Å². The van der Waals surface area contributed by atoms with E-state index >= 15 is 0 Å². The quantitative estimate of drug-likeness (QED) is 0.705. The van der Waals surface area contributed by atoms with Gasteiger partial charge in [-0.3, -0.25) is 9.69 Å². The molecule has 2 atom stereocenters. The Bertz CT molecular complexity index is 761. The van der Waals surface area contributed by atoms with Crippen molar-refractivity contribution in [3.8, 4) is 5.75 Å². The van der Waals surface area contributed by atoms with Crippen molar-refractivity contribution in [1.82, 2.24) is 19.4 Å². The van der Waals surface area contributed by atoms with E-state index in [0.29, 0.717) is 12.6 Å². The van der Waals surface area contributed by atoms with E-state index in [0.717, 1.165) is 51.2 Å². The number of carbonyl (C=O) groups is 1. The second-order valence-electron chi connectivity index (χ2n) is 7.58. The van der Waals surface area contributed by atoms with E-state index in [1.54, 1.807) is 6.20 Å². The summed E-state index contributed by atoms with van der Waals surface area (Å²) >= 11 is 0. The van der Waals surface area contributed by atoms with Crippen molar-refractivity contribution in [3.63, 3.8) is 0 Å². The molecular weight excluding hydrogens is 340 g/mol. The first-order valence-electron chi connectivity index (χ1n) is 9.93. The maximum absolute atomic E-state index is 12.6. The topological polar surface area (TPSA) is 50.6 Å². The van der Waals surface area contributed by atoms with Crippen molar-refractivity contribution < 1.29 is 9.53 Å². The minimum atomic E-state index is -0.0425. The molecule has 0 N–H and O–H groups in total. The Morgan fingerprint density at radius 3 is 3.11 bits per heavy atom. The Morgan fingerprint density at radius 1 is 1.33 bits per heavy atom. The number of ether oxygens (including phenoxy) is 1. The number of amides is 1. The van der Waals surface area contributed by atoms with Gasteiger partial charge in [-0.05, 0) is 43.9 Å². The molecule has 2 aliphatic rings. The maximum Gasteiger partial charge on any atom is 0.239 e. The molecule has 6 nitrogen and oxygen atoms in total. The lowest BCUT2D eigenvalue weighted by Gasteiger charge is -2.41. The molecule has 0 bridgehead atoms. The van der Waals surface area contributed by atoms with Gasteiger partial charge in [-0.1, -0.05) is 12.1 Å². The van der Waals surface area contributed by atoms with Gasteiger partial charge < -0.3 is 14.2 Å². The van der Waals surface area contributed by atoms with Crippen LogP contribution < -0.4 is 4.74 Å². The summed E-state index contributed by atoms with van der Waals surface area (Å²) in [5, 5.41) is 0. The summed E-state index contributed by atoms with van der Waals surface area (Å²) in [7, 11) is 0. The van der Waals surface area contributed by atoms with Gasteiger partial charge in [0.2, 0.25) is 5.91 Å². The van der Waals surface area contributed by atoms with Crippen LogP contribution >= 0.6 is 0 Å². The first kappa shape index (κ1) is 18.0. The SMILES string of the molecule is C[C@H]1C(=O)N2CCC[C@H]2CN1Cc1cccc(OCCCn2ccnc2)c1. The molecule has 1 amide bonds. The van der Waals surface area contributed by atoms with Gasteiger partial charge in [-0.25, -0.2) is 4.98 Å². The van der Waals surface area contributed by atoms with Gasteiger partial charge in [0.05, 0.1) is 19.0 Å². The number of rotatable bonds is 7. The van der Waals surface area contributed by atoms with Gasteiger partial charge in [0, 0.05) is 44.6 Å². The molecular formula is C21H28N4O2. The summed E-state index contributed by atoms with van der Waals surface area (Å²) in [6.45, 7) is 6.33. The van der Waals surface area contributed by atoms with Gasteiger partial charge in [0.25, 0.3) is 0 Å². The van der Waals surface area contributed by atoms with E-state index in [-0.39, 0.29) is 11.9 Å². The van der Waals surface area contributed by atoms with Crippen LogP contribution in [0.15, 0.2) is 43.0 Å². The Labute approximate surface area is 160 Å². The third kappa shape index (κ3) is 4.16. The monoisotopic (exact) mass is 368 g/mol. The number of piperazine rings is 1. The second kappa shape index (κ2) is 8.13. The molecule has 0 aliphatic carbocycles. The number of hydrogen-bond acceptors (Lipinski definition) is 4. The van der Waals surface area contributed by atoms with Gasteiger partial charge in [0.15, 0.2) is 0 Å². The fourth-order valence-corrected chi connectivity index (χ4v) is 4.17. The van der Waals surface area contributed by atoms with Gasteiger partial charge >= 0.3 is 0 Å². The van der Waals surface area contributed by atoms with Gasteiger partial charge in [0.1, 0.15) is 5.75 Å². The number of fused-ring (bicyclic) bond motifs is 1. The number of hydrogen-bond donors (Lipinski definition) is 0. The molecule has 4 rings (SSSR count). The van der Waals surface area contributed by atoms with Crippen molar-refractivity contribution in [2.24, 2.45) is 0 Å². The van der Waals surface area contributed by atoms with Gasteiger partial charge in [-0.2, -0.15) is 0 Å². The summed E-state index contributed by atoms with van der Waals surface area (Å²) in [5.74, 6) is 1.19. The zero-order valence-electron chi connectivity index (χ0n) is 16.0. The summed E-state index contributed by atoms with van der Waals surface area (Å²) in [6.07, 6.45) is 8.80. The van der Waals surface area contributed by atoms with E-state index in [1.165, 1.54) is 5.56 Å². The van der Waals surface area contributed by atoms with E-state index < -0.39 is 0 Å². The van der Waals surface area contributed by atoms with E-state index in [1.807, 2.05) is 31.6 Å². The Balaban J connectivity index is 1.31. The molecule has 1 aromatic heterocycles. The Morgan fingerprint density at radius 2 is 2.26 bits per heavy atom. The number of aromatic nitrogens is 2. The maximum atomic E-state index is 12.6. The summed E-state index contributed by atoms with van der Waals surface area (Å²) < 4.78 is 7.98. The first-order chi connectivity index (χ1) is 13.2. The van der Waals surface area contributed by atoms with E-state index in [2.05, 4.69) is 31.5 Å². The molecule has 0 saturated carbocycles. The average Bonchev–Trinajstić information content (AvgIpc) is 3.35. The summed E-state index contributed by atoms with van der Waals surface area (Å²) in [5.41, 5.74) is 1.20. The van der Waals surface area contributed by atoms with Crippen molar-refractivity contribution in [2.75, 3.05) is 19.7 Å². The molecule has 2 fully saturated rings. The van der Waals surface area contributed by atoms with Gasteiger partial charge in [-0.15, -0.1) is 0 Å². The van der Waals surface area contributed by atoms with Crippen LogP contribution in [0.1, 0.15) is 31.7 Å². The molecule has 1 aromatic carbocycles. The van der Waals surface area contributed by atoms with Crippen molar-refractivity contribution in [2.45, 2.75) is 51.4 Å². The third-order valence-corrected chi connectivity index (χ3v) is 5.68. The largest absolute Gasteiger partial charge is 0.494 e. The molecule has 6 heteroatoms. The van der Waals surface area contributed by atoms with Crippen molar-refractivity contribution in [3.05, 3.63) is 48.5 Å². The lowest BCUT2D eigenvalue weighted by molar-refractivity contribution is -0.143. The number of carbonyl (C=O) groups excluding carboxylic acids is 1. The smallest absolute Gasteiger partial charge is 0.239 e. The normalized spacial score (nSPS) is 22.9. The fourth-order valence-electron chi connectivity index (χ4n) is 4.17.